The molecular weight excluding hydrogens is 293 g/mol. The Labute approximate surface area is 138 Å². The third-order valence-corrected chi connectivity index (χ3v) is 5.19. The van der Waals surface area contributed by atoms with Crippen LogP contribution in [0.5, 0.6) is 0 Å². The minimum Gasteiger partial charge on any atom is -0.369 e. The van der Waals surface area contributed by atoms with Gasteiger partial charge in [-0.2, -0.15) is 0 Å². The number of aromatic nitrogens is 1. The van der Waals surface area contributed by atoms with Gasteiger partial charge in [0.1, 0.15) is 5.82 Å². The lowest BCUT2D eigenvalue weighted by atomic mass is 9.88. The highest BCUT2D eigenvalue weighted by Crippen LogP contribution is 2.32. The van der Waals surface area contributed by atoms with Crippen LogP contribution >= 0.6 is 0 Å². The predicted molar refractivity (Wildman–Crippen MR) is 89.0 cm³/mol. The summed E-state index contributed by atoms with van der Waals surface area (Å²) in [5.41, 5.74) is 0.605. The molecular formula is C18H28FN3O. The lowest BCUT2D eigenvalue weighted by Crippen LogP contribution is -2.59. The molecule has 3 heterocycles. The normalized spacial score (nSPS) is 25.8. The highest BCUT2D eigenvalue weighted by molar-refractivity contribution is 5.07. The highest BCUT2D eigenvalue weighted by Gasteiger charge is 2.41. The van der Waals surface area contributed by atoms with Gasteiger partial charge in [0.2, 0.25) is 0 Å². The van der Waals surface area contributed by atoms with Gasteiger partial charge in [-0.15, -0.1) is 0 Å². The molecule has 4 nitrogen and oxygen atoms in total. The average molecular weight is 321 g/mol. The van der Waals surface area contributed by atoms with Crippen molar-refractivity contribution in [2.24, 2.45) is 0 Å². The number of piperidine rings is 1. The number of ether oxygens (including phenoxy) is 1. The second-order valence-electron chi connectivity index (χ2n) is 6.96. The Morgan fingerprint density at radius 2 is 2.13 bits per heavy atom. The molecule has 23 heavy (non-hydrogen) atoms. The first-order valence-corrected chi connectivity index (χ1v) is 8.82. The van der Waals surface area contributed by atoms with Crippen molar-refractivity contribution in [3.63, 3.8) is 0 Å². The summed E-state index contributed by atoms with van der Waals surface area (Å²) in [6, 6.07) is 3.13. The fourth-order valence-electron chi connectivity index (χ4n) is 3.90. The number of likely N-dealkylation sites (N-methyl/N-ethyl adjacent to an activating group) is 1. The maximum absolute atomic E-state index is 13.6. The molecule has 2 aliphatic heterocycles. The third kappa shape index (κ3) is 4.08. The molecule has 1 spiro atoms. The van der Waals surface area contributed by atoms with Crippen LogP contribution in [0.3, 0.4) is 0 Å². The van der Waals surface area contributed by atoms with Gasteiger partial charge in [0.05, 0.1) is 17.4 Å². The van der Waals surface area contributed by atoms with Crippen molar-refractivity contribution in [1.82, 2.24) is 14.8 Å². The van der Waals surface area contributed by atoms with E-state index in [0.717, 1.165) is 52.1 Å². The number of hydrogen-bond donors (Lipinski definition) is 0. The number of rotatable bonds is 4. The van der Waals surface area contributed by atoms with E-state index in [4.69, 9.17) is 4.74 Å². The Bertz CT molecular complexity index is 517. The lowest BCUT2D eigenvalue weighted by molar-refractivity contribution is -0.169. The van der Waals surface area contributed by atoms with Gasteiger partial charge in [-0.3, -0.25) is 9.88 Å². The van der Waals surface area contributed by atoms with Gasteiger partial charge in [-0.05, 0) is 38.4 Å². The van der Waals surface area contributed by atoms with E-state index >= 15 is 0 Å². The van der Waals surface area contributed by atoms with Gasteiger partial charge in [0, 0.05) is 45.3 Å². The number of likely N-dealkylation sites (tertiary alicyclic amines) is 1. The second kappa shape index (κ2) is 7.24. The molecule has 0 aliphatic carbocycles. The van der Waals surface area contributed by atoms with E-state index in [0.29, 0.717) is 18.2 Å². The van der Waals surface area contributed by atoms with Crippen molar-refractivity contribution < 1.29 is 9.13 Å². The monoisotopic (exact) mass is 321 g/mol. The highest BCUT2D eigenvalue weighted by atomic mass is 19.1. The smallest absolute Gasteiger partial charge is 0.144 e. The van der Waals surface area contributed by atoms with Crippen molar-refractivity contribution in [2.45, 2.75) is 44.8 Å². The number of morpholine rings is 1. The van der Waals surface area contributed by atoms with Crippen molar-refractivity contribution in [1.29, 1.82) is 0 Å². The van der Waals surface area contributed by atoms with Crippen molar-refractivity contribution in [2.75, 3.05) is 39.3 Å². The van der Waals surface area contributed by atoms with Crippen LogP contribution in [0.1, 0.15) is 32.4 Å². The van der Waals surface area contributed by atoms with Crippen LogP contribution in [-0.2, 0) is 11.2 Å². The quantitative estimate of drug-likeness (QED) is 0.851. The van der Waals surface area contributed by atoms with Gasteiger partial charge >= 0.3 is 0 Å². The molecule has 0 N–H and O–H groups in total. The SMILES string of the molecule is CCN1C[C@H](C)OC2(CCN(CCc3ncccc3F)CC2)C1. The van der Waals surface area contributed by atoms with E-state index in [9.17, 15) is 4.39 Å². The molecule has 3 rings (SSSR count). The Morgan fingerprint density at radius 1 is 1.35 bits per heavy atom. The lowest BCUT2D eigenvalue weighted by Gasteiger charge is -2.49. The Balaban J connectivity index is 1.51. The van der Waals surface area contributed by atoms with Gasteiger partial charge < -0.3 is 9.64 Å². The molecule has 5 heteroatoms. The molecule has 2 fully saturated rings. The molecule has 0 bridgehead atoms. The molecule has 0 saturated carbocycles. The number of hydrogen-bond acceptors (Lipinski definition) is 4. The van der Waals surface area contributed by atoms with Crippen LogP contribution in [0, 0.1) is 5.82 Å². The van der Waals surface area contributed by atoms with E-state index in [2.05, 4.69) is 28.6 Å². The minimum absolute atomic E-state index is 0.0282. The fraction of sp³-hybridized carbons (Fsp3) is 0.722. The molecule has 0 radical (unpaired) electrons. The average Bonchev–Trinajstić information content (AvgIpc) is 2.55. The zero-order valence-corrected chi connectivity index (χ0v) is 14.3. The molecule has 0 aromatic carbocycles. The largest absolute Gasteiger partial charge is 0.369 e. The molecule has 2 aliphatic rings. The van der Waals surface area contributed by atoms with Gasteiger partial charge in [0.25, 0.3) is 0 Å². The summed E-state index contributed by atoms with van der Waals surface area (Å²) in [5.74, 6) is -0.191. The van der Waals surface area contributed by atoms with E-state index < -0.39 is 0 Å². The van der Waals surface area contributed by atoms with Crippen molar-refractivity contribution >= 4 is 0 Å². The minimum atomic E-state index is -0.191. The van der Waals surface area contributed by atoms with E-state index in [1.165, 1.54) is 6.07 Å². The summed E-state index contributed by atoms with van der Waals surface area (Å²) >= 11 is 0. The van der Waals surface area contributed by atoms with Gasteiger partial charge in [-0.1, -0.05) is 6.92 Å². The topological polar surface area (TPSA) is 28.6 Å². The molecule has 1 atom stereocenters. The summed E-state index contributed by atoms with van der Waals surface area (Å²) in [7, 11) is 0. The van der Waals surface area contributed by atoms with Crippen LogP contribution in [0.2, 0.25) is 0 Å². The van der Waals surface area contributed by atoms with Crippen molar-refractivity contribution in [3.05, 3.63) is 29.8 Å². The van der Waals surface area contributed by atoms with Gasteiger partial charge in [-0.25, -0.2) is 4.39 Å². The Hall–Kier alpha value is -1.04. The van der Waals surface area contributed by atoms with Crippen molar-refractivity contribution in [3.8, 4) is 0 Å². The first-order chi connectivity index (χ1) is 11.1. The van der Waals surface area contributed by atoms with Crippen LogP contribution in [-0.4, -0.2) is 65.8 Å². The zero-order valence-electron chi connectivity index (χ0n) is 14.3. The Kier molecular flexibility index (Phi) is 5.29. The number of nitrogens with zero attached hydrogens (tertiary/aromatic N) is 3. The van der Waals surface area contributed by atoms with Crippen LogP contribution in [0.25, 0.3) is 0 Å². The first kappa shape index (κ1) is 16.8. The summed E-state index contributed by atoms with van der Waals surface area (Å²) in [5, 5.41) is 0. The standard InChI is InChI=1S/C18H28FN3O/c1-3-21-13-15(2)23-18(14-21)7-11-22(12-8-18)10-6-17-16(19)5-4-9-20-17/h4-5,9,15H,3,6-8,10-14H2,1-2H3/t15-/m0/s1. The molecule has 1 aromatic heterocycles. The number of halogens is 1. The van der Waals surface area contributed by atoms with E-state index in [-0.39, 0.29) is 11.4 Å². The molecule has 128 valence electrons. The summed E-state index contributed by atoms with van der Waals surface area (Å²) in [4.78, 5) is 9.07. The van der Waals surface area contributed by atoms with Gasteiger partial charge in [0.15, 0.2) is 0 Å². The summed E-state index contributed by atoms with van der Waals surface area (Å²) in [6.45, 7) is 10.5. The maximum Gasteiger partial charge on any atom is 0.144 e. The van der Waals surface area contributed by atoms with E-state index in [1.807, 2.05) is 0 Å². The van der Waals surface area contributed by atoms with Crippen LogP contribution in [0.4, 0.5) is 4.39 Å². The molecule has 0 unspecified atom stereocenters. The Morgan fingerprint density at radius 3 is 2.83 bits per heavy atom. The van der Waals surface area contributed by atoms with E-state index in [1.54, 1.807) is 12.3 Å². The molecule has 1 aromatic rings. The second-order valence-corrected chi connectivity index (χ2v) is 6.96. The summed E-state index contributed by atoms with van der Waals surface area (Å²) in [6.07, 6.45) is 4.80. The predicted octanol–water partition coefficient (Wildman–Crippen LogP) is 2.34. The third-order valence-electron chi connectivity index (χ3n) is 5.19. The van der Waals surface area contributed by atoms with Crippen LogP contribution in [0.15, 0.2) is 18.3 Å². The molecule has 2 saturated heterocycles. The zero-order chi connectivity index (χ0) is 16.3. The molecule has 0 amide bonds. The first-order valence-electron chi connectivity index (χ1n) is 8.82. The number of pyridine rings is 1. The summed E-state index contributed by atoms with van der Waals surface area (Å²) < 4.78 is 20.0. The fourth-order valence-corrected chi connectivity index (χ4v) is 3.90. The maximum atomic E-state index is 13.6. The van der Waals surface area contributed by atoms with Crippen LogP contribution < -0.4 is 0 Å².